The van der Waals surface area contributed by atoms with Gasteiger partial charge in [-0.1, -0.05) is 19.3 Å². The highest BCUT2D eigenvalue weighted by atomic mass is 19.1. The largest absolute Gasteiger partial charge is 0.501 e. The van der Waals surface area contributed by atoms with Gasteiger partial charge in [-0.25, -0.2) is 5.26 Å². The molecule has 0 rings (SSSR count). The first-order valence-electron chi connectivity index (χ1n) is 3.91. The van der Waals surface area contributed by atoms with Crippen LogP contribution in [0.5, 0.6) is 0 Å². The normalized spacial score (nSPS) is 11.6. The highest BCUT2D eigenvalue weighted by molar-refractivity contribution is 6.51. The second-order valence-corrected chi connectivity index (χ2v) is 3.32. The first-order valence-corrected chi connectivity index (χ1v) is 3.91. The maximum absolute atomic E-state index is 12.8. The molecule has 0 amide bonds. The summed E-state index contributed by atoms with van der Waals surface area (Å²) in [6.07, 6.45) is 2.01. The molecule has 0 bridgehead atoms. The quantitative estimate of drug-likeness (QED) is 0.565. The molecule has 0 aliphatic carbocycles. The Morgan fingerprint density at radius 1 is 1.55 bits per heavy atom. The van der Waals surface area contributed by atoms with Gasteiger partial charge in [-0.05, 0) is 6.42 Å². The maximum atomic E-state index is 12.8. The first-order chi connectivity index (χ1) is 5.04. The fraction of sp³-hybridized carbons (Fsp3) is 0.857. The molecular weight excluding hydrogens is 142 g/mol. The minimum Gasteiger partial charge on any atom is -0.501 e. The van der Waals surface area contributed by atoms with Crippen LogP contribution in [0.1, 0.15) is 19.8 Å². The molecule has 0 saturated carbocycles. The van der Waals surface area contributed by atoms with E-state index in [1.54, 1.807) is 20.1 Å². The molecule has 0 aromatic rings. The molecule has 0 aliphatic rings. The molecule has 0 heterocycles. The minimum absolute atomic E-state index is 0.157. The average Bonchev–Trinajstić information content (AvgIpc) is 1.99. The Morgan fingerprint density at radius 2 is 2.09 bits per heavy atom. The smallest absolute Gasteiger partial charge is 0.430 e. The lowest BCUT2D eigenvalue weighted by Crippen LogP contribution is -2.50. The molecule has 0 spiro atoms. The van der Waals surface area contributed by atoms with E-state index in [-0.39, 0.29) is 4.39 Å². The number of nitriles is 1. The van der Waals surface area contributed by atoms with Gasteiger partial charge in [0.1, 0.15) is 0 Å². The van der Waals surface area contributed by atoms with Crippen LogP contribution in [0.2, 0.25) is 0 Å². The lowest BCUT2D eigenvalue weighted by atomic mass is 9.84. The molecule has 0 aromatic carbocycles. The third-order valence-corrected chi connectivity index (χ3v) is 1.81. The fourth-order valence-electron chi connectivity index (χ4n) is 0.835. The van der Waals surface area contributed by atoms with E-state index in [9.17, 15) is 4.32 Å². The van der Waals surface area contributed by atoms with E-state index in [0.717, 1.165) is 19.4 Å². The molecular formula is C7H15BFN2. The summed E-state index contributed by atoms with van der Waals surface area (Å²) in [6, 6.07) is 0. The number of rotatable bonds is 4. The van der Waals surface area contributed by atoms with Crippen molar-refractivity contribution >= 4 is 7.12 Å². The standard InChI is InChI=1S/C7H15BFN2/c1-4-5-6-11(2,3)8(9)7-10/h4-6H2,1-3H3. The van der Waals surface area contributed by atoms with Crippen molar-refractivity contribution in [2.75, 3.05) is 20.6 Å². The zero-order valence-corrected chi connectivity index (χ0v) is 7.47. The van der Waals surface area contributed by atoms with Crippen LogP contribution >= 0.6 is 0 Å². The highest BCUT2D eigenvalue weighted by Gasteiger charge is 2.19. The van der Waals surface area contributed by atoms with E-state index in [4.69, 9.17) is 5.26 Å². The van der Waals surface area contributed by atoms with E-state index in [2.05, 4.69) is 6.92 Å². The van der Waals surface area contributed by atoms with Crippen molar-refractivity contribution in [1.82, 2.24) is 0 Å². The van der Waals surface area contributed by atoms with Crippen LogP contribution in [0.4, 0.5) is 4.32 Å². The summed E-state index contributed by atoms with van der Waals surface area (Å²) in [7, 11) is 2.09. The Labute approximate surface area is 68.4 Å². The van der Waals surface area contributed by atoms with Crippen LogP contribution in [0.3, 0.4) is 0 Å². The van der Waals surface area contributed by atoms with Gasteiger partial charge in [0.05, 0.1) is 0 Å². The number of halogens is 1. The number of hydrogen-bond donors (Lipinski definition) is 0. The van der Waals surface area contributed by atoms with Crippen LogP contribution in [0.25, 0.3) is 0 Å². The minimum atomic E-state index is -1.39. The van der Waals surface area contributed by atoms with Crippen LogP contribution in [0, 0.1) is 11.2 Å². The second kappa shape index (κ2) is 4.35. The van der Waals surface area contributed by atoms with Crippen molar-refractivity contribution in [3.63, 3.8) is 0 Å². The summed E-state index contributed by atoms with van der Waals surface area (Å²) in [5, 5.41) is 8.33. The van der Waals surface area contributed by atoms with Crippen molar-refractivity contribution in [1.29, 1.82) is 5.26 Å². The van der Waals surface area contributed by atoms with Crippen LogP contribution in [0.15, 0.2) is 0 Å². The van der Waals surface area contributed by atoms with Gasteiger partial charge in [0.2, 0.25) is 0 Å². The molecule has 0 fully saturated rings. The van der Waals surface area contributed by atoms with Crippen molar-refractivity contribution in [2.24, 2.45) is 0 Å². The molecule has 0 N–H and O–H groups in total. The predicted octanol–water partition coefficient (Wildman–Crippen LogP) is 1.38. The number of unbranched alkanes of at least 4 members (excludes halogenated alkanes) is 1. The van der Waals surface area contributed by atoms with Gasteiger partial charge in [0.25, 0.3) is 0 Å². The van der Waals surface area contributed by atoms with E-state index in [1.807, 2.05) is 0 Å². The SMILES string of the molecule is CCCC[N+](C)(C)[B-](F)C#N. The van der Waals surface area contributed by atoms with Gasteiger partial charge in [-0.2, -0.15) is 0 Å². The van der Waals surface area contributed by atoms with Crippen LogP contribution in [-0.2, 0) is 0 Å². The Kier molecular flexibility index (Phi) is 4.13. The van der Waals surface area contributed by atoms with Gasteiger partial charge in [-0.15, -0.1) is 0 Å². The third kappa shape index (κ3) is 3.38. The van der Waals surface area contributed by atoms with Gasteiger partial charge >= 0.3 is 7.12 Å². The molecule has 2 nitrogen and oxygen atoms in total. The van der Waals surface area contributed by atoms with E-state index >= 15 is 0 Å². The summed E-state index contributed by atoms with van der Waals surface area (Å²) in [5.74, 6) is 1.62. The molecule has 0 aromatic heterocycles. The average molecular weight is 157 g/mol. The summed E-state index contributed by atoms with van der Waals surface area (Å²) in [6.45, 7) is 2.78. The second-order valence-electron chi connectivity index (χ2n) is 3.32. The Morgan fingerprint density at radius 3 is 2.45 bits per heavy atom. The van der Waals surface area contributed by atoms with Crippen molar-refractivity contribution < 1.29 is 8.71 Å². The fourth-order valence-corrected chi connectivity index (χ4v) is 0.835. The van der Waals surface area contributed by atoms with E-state index < -0.39 is 7.12 Å². The Bertz CT molecular complexity index is 153. The monoisotopic (exact) mass is 157 g/mol. The van der Waals surface area contributed by atoms with E-state index in [0.29, 0.717) is 0 Å². The lowest BCUT2D eigenvalue weighted by Gasteiger charge is -2.39. The molecule has 0 unspecified atom stereocenters. The van der Waals surface area contributed by atoms with Crippen molar-refractivity contribution in [3.8, 4) is 5.97 Å². The van der Waals surface area contributed by atoms with Crippen LogP contribution < -0.4 is 0 Å². The van der Waals surface area contributed by atoms with E-state index in [1.165, 1.54) is 0 Å². The van der Waals surface area contributed by atoms with Gasteiger partial charge in [0, 0.05) is 20.6 Å². The number of quaternary nitrogens is 1. The molecule has 0 saturated heterocycles. The summed E-state index contributed by atoms with van der Waals surface area (Å²) in [5.41, 5.74) is 0. The first kappa shape index (κ1) is 10.4. The van der Waals surface area contributed by atoms with Crippen LogP contribution in [-0.4, -0.2) is 32.2 Å². The van der Waals surface area contributed by atoms with Crippen molar-refractivity contribution in [3.05, 3.63) is 0 Å². The Balaban J connectivity index is 3.90. The molecule has 1 radical (unpaired) electrons. The number of hydrogen-bond acceptors (Lipinski definition) is 1. The lowest BCUT2D eigenvalue weighted by molar-refractivity contribution is -0.788. The topological polar surface area (TPSA) is 23.8 Å². The summed E-state index contributed by atoms with van der Waals surface area (Å²) in [4.78, 5) is 0. The summed E-state index contributed by atoms with van der Waals surface area (Å²) >= 11 is 0. The van der Waals surface area contributed by atoms with Gasteiger partial charge < -0.3 is 8.71 Å². The zero-order chi connectivity index (χ0) is 8.91. The molecule has 0 aliphatic heterocycles. The van der Waals surface area contributed by atoms with Gasteiger partial charge in [-0.3, -0.25) is 0 Å². The predicted molar refractivity (Wildman–Crippen MR) is 44.4 cm³/mol. The van der Waals surface area contributed by atoms with Gasteiger partial charge in [0.15, 0.2) is 0 Å². The van der Waals surface area contributed by atoms with Crippen molar-refractivity contribution in [2.45, 2.75) is 19.8 Å². The molecule has 0 atom stereocenters. The highest BCUT2D eigenvalue weighted by Crippen LogP contribution is 2.05. The Hall–Kier alpha value is -0.555. The molecule has 63 valence electrons. The molecule has 4 heteroatoms. The molecule has 11 heavy (non-hydrogen) atoms. The summed E-state index contributed by atoms with van der Waals surface area (Å²) < 4.78 is 13.0. The maximum Gasteiger partial charge on any atom is 0.430 e. The zero-order valence-electron chi connectivity index (χ0n) is 7.47. The number of nitrogens with zero attached hydrogens (tertiary/aromatic N) is 2. The third-order valence-electron chi connectivity index (χ3n) is 1.81.